The van der Waals surface area contributed by atoms with Crippen molar-refractivity contribution in [3.05, 3.63) is 0 Å². The number of hydrogen-bond acceptors (Lipinski definition) is 6. The Morgan fingerprint density at radius 2 is 2.00 bits per heavy atom. The Kier molecular flexibility index (Phi) is 6.77. The first-order valence-electron chi connectivity index (χ1n) is 7.36. The molecule has 1 heterocycles. The molecule has 0 aliphatic carbocycles. The van der Waals surface area contributed by atoms with Gasteiger partial charge in [-0.05, 0) is 0 Å². The topological polar surface area (TPSA) is 97.1 Å². The van der Waals surface area contributed by atoms with Crippen LogP contribution in [-0.4, -0.2) is 57.1 Å². The van der Waals surface area contributed by atoms with E-state index in [4.69, 9.17) is 24.7 Å². The highest BCUT2D eigenvalue weighted by molar-refractivity contribution is 5.79. The lowest BCUT2D eigenvalue weighted by atomic mass is 9.74. The van der Waals surface area contributed by atoms with Crippen molar-refractivity contribution in [3.63, 3.8) is 0 Å². The molecule has 1 aliphatic heterocycles. The maximum absolute atomic E-state index is 11.5. The average Bonchev–Trinajstić information content (AvgIpc) is 2.41. The molecule has 1 aliphatic rings. The first-order chi connectivity index (χ1) is 10.2. The summed E-state index contributed by atoms with van der Waals surface area (Å²) in [6.07, 6.45) is -0.968. The zero-order valence-electron chi connectivity index (χ0n) is 14.0. The first kappa shape index (κ1) is 18.9. The third-order valence-electron chi connectivity index (χ3n) is 4.20. The molecule has 7 heteroatoms. The maximum Gasteiger partial charge on any atom is 0.302 e. The second kappa shape index (κ2) is 7.89. The number of ether oxygens (including phenoxy) is 4. The van der Waals surface area contributed by atoms with Crippen LogP contribution in [-0.2, 0) is 28.5 Å². The van der Waals surface area contributed by atoms with Gasteiger partial charge in [0.2, 0.25) is 5.91 Å². The summed E-state index contributed by atoms with van der Waals surface area (Å²) >= 11 is 0. The average molecular weight is 317 g/mol. The van der Waals surface area contributed by atoms with E-state index < -0.39 is 23.5 Å². The summed E-state index contributed by atoms with van der Waals surface area (Å²) in [6.45, 7) is 5.65. The number of primary amides is 1. The molecule has 0 saturated carbocycles. The van der Waals surface area contributed by atoms with E-state index in [9.17, 15) is 9.59 Å². The number of amides is 1. The van der Waals surface area contributed by atoms with Crippen LogP contribution in [0.4, 0.5) is 0 Å². The fourth-order valence-corrected chi connectivity index (χ4v) is 2.73. The summed E-state index contributed by atoms with van der Waals surface area (Å²) in [4.78, 5) is 22.9. The minimum atomic E-state index is -0.776. The van der Waals surface area contributed by atoms with Gasteiger partial charge in [0, 0.05) is 39.4 Å². The van der Waals surface area contributed by atoms with Gasteiger partial charge in [-0.2, -0.15) is 0 Å². The predicted molar refractivity (Wildman–Crippen MR) is 79.1 cm³/mol. The highest BCUT2D eigenvalue weighted by Gasteiger charge is 2.48. The van der Waals surface area contributed by atoms with Gasteiger partial charge in [0.25, 0.3) is 0 Å². The summed E-state index contributed by atoms with van der Waals surface area (Å²) in [5.74, 6) is -0.944. The lowest BCUT2D eigenvalue weighted by Gasteiger charge is -2.47. The fourth-order valence-electron chi connectivity index (χ4n) is 2.73. The van der Waals surface area contributed by atoms with E-state index in [1.54, 1.807) is 14.2 Å². The van der Waals surface area contributed by atoms with Gasteiger partial charge in [-0.3, -0.25) is 9.59 Å². The van der Waals surface area contributed by atoms with E-state index in [0.717, 1.165) is 0 Å². The molecule has 0 unspecified atom stereocenters. The molecule has 1 rings (SSSR count). The van der Waals surface area contributed by atoms with Crippen LogP contribution in [0, 0.1) is 5.41 Å². The molecule has 0 spiro atoms. The van der Waals surface area contributed by atoms with E-state index in [1.165, 1.54) is 6.92 Å². The lowest BCUT2D eigenvalue weighted by Crippen LogP contribution is -2.55. The van der Waals surface area contributed by atoms with E-state index in [1.807, 2.05) is 13.8 Å². The van der Waals surface area contributed by atoms with Crippen molar-refractivity contribution >= 4 is 11.9 Å². The highest BCUT2D eigenvalue weighted by Crippen LogP contribution is 2.40. The standard InChI is InChI=1S/C15H27NO6/c1-9(17)21-13-7-11(14(16)18)22-12(15(13,2)3)6-10(20-5)8-19-4/h10-13H,6-8H2,1-5H3,(H2,16,18)/t10-,11-,12+,13+/m0/s1. The second-order valence-corrected chi connectivity index (χ2v) is 6.22. The smallest absolute Gasteiger partial charge is 0.302 e. The number of rotatable bonds is 7. The van der Waals surface area contributed by atoms with Crippen LogP contribution in [0.2, 0.25) is 0 Å². The van der Waals surface area contributed by atoms with Crippen LogP contribution in [0.3, 0.4) is 0 Å². The summed E-state index contributed by atoms with van der Waals surface area (Å²) in [7, 11) is 3.18. The van der Waals surface area contributed by atoms with Crippen LogP contribution in [0.5, 0.6) is 0 Å². The summed E-state index contributed by atoms with van der Waals surface area (Å²) in [5, 5.41) is 0. The van der Waals surface area contributed by atoms with Gasteiger partial charge >= 0.3 is 5.97 Å². The monoisotopic (exact) mass is 317 g/mol. The number of nitrogens with two attached hydrogens (primary N) is 1. The molecule has 0 aromatic carbocycles. The van der Waals surface area contributed by atoms with Crippen molar-refractivity contribution in [2.75, 3.05) is 20.8 Å². The summed E-state index contributed by atoms with van der Waals surface area (Å²) < 4.78 is 21.7. The number of hydrogen-bond donors (Lipinski definition) is 1. The van der Waals surface area contributed by atoms with Crippen LogP contribution in [0.1, 0.15) is 33.6 Å². The number of carbonyl (C=O) groups excluding carboxylic acids is 2. The Bertz CT molecular complexity index is 397. The molecule has 22 heavy (non-hydrogen) atoms. The minimum absolute atomic E-state index is 0.182. The Morgan fingerprint density at radius 3 is 2.45 bits per heavy atom. The highest BCUT2D eigenvalue weighted by atomic mass is 16.6. The molecule has 1 fully saturated rings. The van der Waals surface area contributed by atoms with Gasteiger partial charge in [0.05, 0.1) is 18.8 Å². The maximum atomic E-state index is 11.5. The van der Waals surface area contributed by atoms with Crippen molar-refractivity contribution in [1.29, 1.82) is 0 Å². The molecule has 0 bridgehead atoms. The molecule has 0 aromatic rings. The first-order valence-corrected chi connectivity index (χ1v) is 7.36. The van der Waals surface area contributed by atoms with E-state index in [2.05, 4.69) is 0 Å². The second-order valence-electron chi connectivity index (χ2n) is 6.22. The number of esters is 1. The largest absolute Gasteiger partial charge is 0.462 e. The van der Waals surface area contributed by atoms with E-state index in [-0.39, 0.29) is 24.6 Å². The predicted octanol–water partition coefficient (Wildman–Crippen LogP) is 0.639. The van der Waals surface area contributed by atoms with Crippen molar-refractivity contribution in [1.82, 2.24) is 0 Å². The quantitative estimate of drug-likeness (QED) is 0.692. The van der Waals surface area contributed by atoms with Crippen LogP contribution >= 0.6 is 0 Å². The Balaban J connectivity index is 2.94. The molecule has 2 N–H and O–H groups in total. The fraction of sp³-hybridized carbons (Fsp3) is 0.867. The number of carbonyl (C=O) groups is 2. The normalized spacial score (nSPS) is 28.9. The SMILES string of the molecule is COC[C@H](C[C@H]1O[C@H](C(N)=O)C[C@@H](OC(C)=O)C1(C)C)OC. The lowest BCUT2D eigenvalue weighted by molar-refractivity contribution is -0.203. The zero-order chi connectivity index (χ0) is 16.9. The molecule has 4 atom stereocenters. The summed E-state index contributed by atoms with van der Waals surface area (Å²) in [6, 6.07) is 0. The third kappa shape index (κ3) is 4.66. The van der Waals surface area contributed by atoms with Gasteiger partial charge in [-0.15, -0.1) is 0 Å². The van der Waals surface area contributed by atoms with Gasteiger partial charge in [-0.1, -0.05) is 13.8 Å². The van der Waals surface area contributed by atoms with Crippen LogP contribution in [0.25, 0.3) is 0 Å². The van der Waals surface area contributed by atoms with Gasteiger partial charge in [0.15, 0.2) is 0 Å². The van der Waals surface area contributed by atoms with Crippen LogP contribution < -0.4 is 5.73 Å². The van der Waals surface area contributed by atoms with Crippen molar-refractivity contribution in [2.45, 2.75) is 58.0 Å². The minimum Gasteiger partial charge on any atom is -0.462 e. The van der Waals surface area contributed by atoms with Gasteiger partial charge in [-0.25, -0.2) is 0 Å². The molecule has 128 valence electrons. The van der Waals surface area contributed by atoms with Crippen molar-refractivity contribution < 1.29 is 28.5 Å². The molecule has 0 radical (unpaired) electrons. The Hall–Kier alpha value is -1.18. The molecule has 0 aromatic heterocycles. The van der Waals surface area contributed by atoms with Crippen molar-refractivity contribution in [3.8, 4) is 0 Å². The number of methoxy groups -OCH3 is 2. The Labute approximate surface area is 131 Å². The van der Waals surface area contributed by atoms with Crippen molar-refractivity contribution in [2.24, 2.45) is 11.1 Å². The van der Waals surface area contributed by atoms with E-state index >= 15 is 0 Å². The molecular formula is C15H27NO6. The van der Waals surface area contributed by atoms with Gasteiger partial charge in [0.1, 0.15) is 12.2 Å². The molecule has 1 amide bonds. The van der Waals surface area contributed by atoms with Gasteiger partial charge < -0.3 is 24.7 Å². The molecule has 1 saturated heterocycles. The molecule has 7 nitrogen and oxygen atoms in total. The molecular weight excluding hydrogens is 290 g/mol. The van der Waals surface area contributed by atoms with Crippen LogP contribution in [0.15, 0.2) is 0 Å². The Morgan fingerprint density at radius 1 is 1.36 bits per heavy atom. The van der Waals surface area contributed by atoms with E-state index in [0.29, 0.717) is 13.0 Å². The zero-order valence-corrected chi connectivity index (χ0v) is 14.0. The summed E-state index contributed by atoms with van der Waals surface area (Å²) in [5.41, 5.74) is 4.90. The third-order valence-corrected chi connectivity index (χ3v) is 4.20.